The molecule has 0 aliphatic heterocycles. The fourth-order valence-electron chi connectivity index (χ4n) is 0.702. The van der Waals surface area contributed by atoms with E-state index in [1.807, 2.05) is 0 Å². The van der Waals surface area contributed by atoms with Gasteiger partial charge in [0.25, 0.3) is 0 Å². The molecule has 0 fully saturated rings. The van der Waals surface area contributed by atoms with Crippen molar-refractivity contribution >= 4 is 34.9 Å². The number of methoxy groups -OCH3 is 1. The Kier molecular flexibility index (Phi) is 3.91. The number of carbonyl (C=O) groups excluding carboxylic acids is 1. The van der Waals surface area contributed by atoms with Crippen LogP contribution in [-0.4, -0.2) is 28.9 Å². The minimum atomic E-state index is -0.406. The molecule has 1 aromatic rings. The minimum absolute atomic E-state index is 0.0873. The van der Waals surface area contributed by atoms with E-state index in [4.69, 9.17) is 27.9 Å². The Hall–Kier alpha value is -1.07. The summed E-state index contributed by atoms with van der Waals surface area (Å²) in [6.07, 6.45) is 1.35. The van der Waals surface area contributed by atoms with Gasteiger partial charge in [0.2, 0.25) is 11.8 Å². The average molecular weight is 236 g/mol. The van der Waals surface area contributed by atoms with Gasteiger partial charge in [0.15, 0.2) is 11.0 Å². The monoisotopic (exact) mass is 235 g/mol. The van der Waals surface area contributed by atoms with Gasteiger partial charge >= 0.3 is 0 Å². The van der Waals surface area contributed by atoms with Gasteiger partial charge in [-0.1, -0.05) is 11.6 Å². The molecule has 0 saturated carbocycles. The summed E-state index contributed by atoms with van der Waals surface area (Å²) in [5.74, 6) is -0.179. The number of alkyl halides is 1. The van der Waals surface area contributed by atoms with Crippen molar-refractivity contribution in [3.8, 4) is 5.88 Å². The van der Waals surface area contributed by atoms with E-state index in [1.54, 1.807) is 0 Å². The van der Waals surface area contributed by atoms with Gasteiger partial charge in [-0.25, -0.2) is 4.98 Å². The first kappa shape index (κ1) is 11.0. The van der Waals surface area contributed by atoms with Crippen LogP contribution in [0.5, 0.6) is 5.88 Å². The van der Waals surface area contributed by atoms with Gasteiger partial charge in [0.05, 0.1) is 13.3 Å². The summed E-state index contributed by atoms with van der Waals surface area (Å²) in [5.41, 5.74) is 0. The SMILES string of the molecule is COc1cnc(Cl)c(NC(=O)CCl)n1. The number of nitrogens with one attached hydrogen (secondary N) is 1. The summed E-state index contributed by atoms with van der Waals surface area (Å²) in [4.78, 5) is 18.6. The molecule has 0 atom stereocenters. The van der Waals surface area contributed by atoms with Crippen LogP contribution in [0.3, 0.4) is 0 Å². The molecular formula is C7H7Cl2N3O2. The van der Waals surface area contributed by atoms with E-state index in [-0.39, 0.29) is 22.7 Å². The van der Waals surface area contributed by atoms with Gasteiger partial charge in [0.1, 0.15) is 5.88 Å². The summed E-state index contributed by atoms with van der Waals surface area (Å²) in [5, 5.41) is 2.47. The molecule has 0 aromatic carbocycles. The predicted molar refractivity (Wildman–Crippen MR) is 52.9 cm³/mol. The molecule has 1 heterocycles. The number of aromatic nitrogens is 2. The fourth-order valence-corrected chi connectivity index (χ4v) is 0.907. The average Bonchev–Trinajstić information content (AvgIpc) is 2.21. The number of hydrogen-bond donors (Lipinski definition) is 1. The van der Waals surface area contributed by atoms with Gasteiger partial charge in [-0.3, -0.25) is 4.79 Å². The Morgan fingerprint density at radius 2 is 2.43 bits per heavy atom. The summed E-state index contributed by atoms with van der Waals surface area (Å²) in [6.45, 7) is 0. The zero-order chi connectivity index (χ0) is 10.6. The van der Waals surface area contributed by atoms with Gasteiger partial charge in [-0.05, 0) is 0 Å². The number of anilines is 1. The Morgan fingerprint density at radius 3 is 3.00 bits per heavy atom. The second-order valence-corrected chi connectivity index (χ2v) is 2.86. The minimum Gasteiger partial charge on any atom is -0.480 e. The Bertz CT molecular complexity index is 346. The van der Waals surface area contributed by atoms with E-state index in [1.165, 1.54) is 13.3 Å². The maximum absolute atomic E-state index is 10.9. The van der Waals surface area contributed by atoms with Crippen molar-refractivity contribution in [2.24, 2.45) is 0 Å². The highest BCUT2D eigenvalue weighted by Crippen LogP contribution is 2.18. The van der Waals surface area contributed by atoms with Crippen LogP contribution in [0.15, 0.2) is 6.20 Å². The molecular weight excluding hydrogens is 229 g/mol. The highest BCUT2D eigenvalue weighted by Gasteiger charge is 2.08. The summed E-state index contributed by atoms with van der Waals surface area (Å²) in [6, 6.07) is 0. The van der Waals surface area contributed by atoms with E-state index >= 15 is 0 Å². The smallest absolute Gasteiger partial charge is 0.240 e. The van der Waals surface area contributed by atoms with Crippen LogP contribution in [0.25, 0.3) is 0 Å². The van der Waals surface area contributed by atoms with Crippen LogP contribution in [0.4, 0.5) is 5.82 Å². The van der Waals surface area contributed by atoms with Gasteiger partial charge in [-0.15, -0.1) is 11.6 Å². The molecule has 5 nitrogen and oxygen atoms in total. The van der Waals surface area contributed by atoms with Crippen LogP contribution < -0.4 is 10.1 Å². The van der Waals surface area contributed by atoms with Crippen molar-refractivity contribution < 1.29 is 9.53 Å². The first-order chi connectivity index (χ1) is 6.67. The molecule has 1 N–H and O–H groups in total. The molecule has 0 aliphatic carbocycles. The zero-order valence-electron chi connectivity index (χ0n) is 7.25. The third kappa shape index (κ3) is 2.71. The lowest BCUT2D eigenvalue weighted by Crippen LogP contribution is -2.14. The maximum atomic E-state index is 10.9. The van der Waals surface area contributed by atoms with Crippen LogP contribution in [0.2, 0.25) is 5.15 Å². The maximum Gasteiger partial charge on any atom is 0.240 e. The Morgan fingerprint density at radius 1 is 1.71 bits per heavy atom. The largest absolute Gasteiger partial charge is 0.480 e. The van der Waals surface area contributed by atoms with Gasteiger partial charge in [-0.2, -0.15) is 4.98 Å². The quantitative estimate of drug-likeness (QED) is 0.803. The van der Waals surface area contributed by atoms with Crippen molar-refractivity contribution in [2.75, 3.05) is 18.3 Å². The number of carbonyl (C=O) groups is 1. The van der Waals surface area contributed by atoms with Crippen molar-refractivity contribution in [1.82, 2.24) is 9.97 Å². The van der Waals surface area contributed by atoms with E-state index in [9.17, 15) is 4.79 Å². The van der Waals surface area contributed by atoms with Crippen LogP contribution in [-0.2, 0) is 4.79 Å². The zero-order valence-corrected chi connectivity index (χ0v) is 8.76. The molecule has 76 valence electrons. The van der Waals surface area contributed by atoms with Crippen molar-refractivity contribution in [1.29, 1.82) is 0 Å². The molecule has 0 unspecified atom stereocenters. The number of hydrogen-bond acceptors (Lipinski definition) is 4. The summed E-state index contributed by atoms with van der Waals surface area (Å²) < 4.78 is 4.81. The number of amides is 1. The van der Waals surface area contributed by atoms with E-state index < -0.39 is 5.91 Å². The first-order valence-corrected chi connectivity index (χ1v) is 4.51. The van der Waals surface area contributed by atoms with E-state index in [2.05, 4.69) is 15.3 Å². The second-order valence-electron chi connectivity index (χ2n) is 2.23. The molecule has 1 aromatic heterocycles. The summed E-state index contributed by atoms with van der Waals surface area (Å²) in [7, 11) is 1.44. The number of ether oxygens (including phenoxy) is 1. The molecule has 1 rings (SSSR count). The topological polar surface area (TPSA) is 64.1 Å². The second kappa shape index (κ2) is 4.97. The number of halogens is 2. The standard InChI is InChI=1S/C7H7Cl2N3O2/c1-14-5-3-10-6(9)7(12-5)11-4(13)2-8/h3H,2H2,1H3,(H,11,12,13). The Balaban J connectivity index is 2.89. The highest BCUT2D eigenvalue weighted by atomic mass is 35.5. The summed E-state index contributed by atoms with van der Waals surface area (Å²) >= 11 is 11.0. The van der Waals surface area contributed by atoms with E-state index in [0.29, 0.717) is 0 Å². The predicted octanol–water partition coefficient (Wildman–Crippen LogP) is 1.32. The molecule has 0 saturated heterocycles. The molecule has 0 spiro atoms. The lowest BCUT2D eigenvalue weighted by atomic mass is 10.6. The molecule has 0 bridgehead atoms. The number of nitrogens with zero attached hydrogens (tertiary/aromatic N) is 2. The van der Waals surface area contributed by atoms with Gasteiger partial charge in [0, 0.05) is 0 Å². The lowest BCUT2D eigenvalue weighted by molar-refractivity contribution is -0.113. The first-order valence-electron chi connectivity index (χ1n) is 3.59. The van der Waals surface area contributed by atoms with Crippen LogP contribution in [0, 0.1) is 0 Å². The third-order valence-electron chi connectivity index (χ3n) is 1.29. The van der Waals surface area contributed by atoms with Crippen molar-refractivity contribution in [3.05, 3.63) is 11.3 Å². The Labute approximate surface area is 90.4 Å². The van der Waals surface area contributed by atoms with Crippen molar-refractivity contribution in [2.45, 2.75) is 0 Å². The normalized spacial score (nSPS) is 9.64. The molecule has 1 amide bonds. The molecule has 14 heavy (non-hydrogen) atoms. The third-order valence-corrected chi connectivity index (χ3v) is 1.81. The molecule has 7 heteroatoms. The van der Waals surface area contributed by atoms with Crippen LogP contribution >= 0.6 is 23.2 Å². The van der Waals surface area contributed by atoms with Crippen molar-refractivity contribution in [3.63, 3.8) is 0 Å². The van der Waals surface area contributed by atoms with Crippen LogP contribution in [0.1, 0.15) is 0 Å². The van der Waals surface area contributed by atoms with Gasteiger partial charge < -0.3 is 10.1 Å². The van der Waals surface area contributed by atoms with E-state index in [0.717, 1.165) is 0 Å². The number of rotatable bonds is 3. The molecule has 0 aliphatic rings. The fraction of sp³-hybridized carbons (Fsp3) is 0.286. The molecule has 0 radical (unpaired) electrons. The highest BCUT2D eigenvalue weighted by molar-refractivity contribution is 6.33. The lowest BCUT2D eigenvalue weighted by Gasteiger charge is -2.05.